The summed E-state index contributed by atoms with van der Waals surface area (Å²) in [6.45, 7) is 5.86. The maximum absolute atomic E-state index is 6.22. The van der Waals surface area contributed by atoms with Crippen LogP contribution in [0.5, 0.6) is 0 Å². The number of rotatable bonds is 3. The zero-order valence-electron chi connectivity index (χ0n) is 16.0. The number of aryl methyl sites for hydroxylation is 1. The van der Waals surface area contributed by atoms with Crippen molar-refractivity contribution in [1.29, 1.82) is 0 Å². The van der Waals surface area contributed by atoms with Gasteiger partial charge in [-0.15, -0.1) is 11.3 Å². The molecule has 5 nitrogen and oxygen atoms in total. The van der Waals surface area contributed by atoms with E-state index in [4.69, 9.17) is 21.3 Å². The summed E-state index contributed by atoms with van der Waals surface area (Å²) in [6.07, 6.45) is 1.02. The second-order valence-corrected chi connectivity index (χ2v) is 8.88. The maximum Gasteiger partial charge on any atom is 0.139 e. The molecular weight excluding hydrogens is 380 g/mol. The van der Waals surface area contributed by atoms with E-state index >= 15 is 0 Å². The van der Waals surface area contributed by atoms with Gasteiger partial charge in [0.1, 0.15) is 10.8 Å². The number of halogens is 1. The Hall–Kier alpha value is -1.60. The van der Waals surface area contributed by atoms with Crippen molar-refractivity contribution in [2.24, 2.45) is 4.99 Å². The van der Waals surface area contributed by atoms with E-state index in [0.717, 1.165) is 54.9 Å². The van der Waals surface area contributed by atoms with Crippen LogP contribution >= 0.6 is 22.9 Å². The van der Waals surface area contributed by atoms with Crippen molar-refractivity contribution in [3.8, 4) is 0 Å². The Morgan fingerprint density at radius 1 is 1.33 bits per heavy atom. The van der Waals surface area contributed by atoms with Crippen molar-refractivity contribution < 1.29 is 4.74 Å². The highest BCUT2D eigenvalue weighted by atomic mass is 35.5. The minimum absolute atomic E-state index is 0.463. The van der Waals surface area contributed by atoms with Crippen LogP contribution < -0.4 is 5.32 Å². The number of amidine groups is 1. The first-order valence-electron chi connectivity index (χ1n) is 9.25. The summed E-state index contributed by atoms with van der Waals surface area (Å²) in [6, 6.07) is 8.55. The lowest BCUT2D eigenvalue weighted by Gasteiger charge is -2.40. The lowest BCUT2D eigenvalue weighted by Crippen LogP contribution is -2.53. The van der Waals surface area contributed by atoms with E-state index < -0.39 is 0 Å². The van der Waals surface area contributed by atoms with Gasteiger partial charge in [-0.2, -0.15) is 0 Å². The van der Waals surface area contributed by atoms with Gasteiger partial charge in [-0.25, -0.2) is 4.99 Å². The van der Waals surface area contributed by atoms with Crippen molar-refractivity contribution in [1.82, 2.24) is 9.80 Å². The van der Waals surface area contributed by atoms with E-state index in [-0.39, 0.29) is 0 Å². The summed E-state index contributed by atoms with van der Waals surface area (Å²) in [5.74, 6) is 1.05. The Bertz CT molecular complexity index is 866. The predicted molar refractivity (Wildman–Crippen MR) is 114 cm³/mol. The van der Waals surface area contributed by atoms with Crippen LogP contribution in [0.25, 0.3) is 0 Å². The summed E-state index contributed by atoms with van der Waals surface area (Å²) in [4.78, 5) is 11.2. The molecule has 2 aliphatic heterocycles. The van der Waals surface area contributed by atoms with Crippen molar-refractivity contribution in [3.05, 3.63) is 39.7 Å². The number of nitrogens with one attached hydrogen (secondary N) is 1. The molecule has 27 heavy (non-hydrogen) atoms. The van der Waals surface area contributed by atoms with Gasteiger partial charge in [0.2, 0.25) is 0 Å². The van der Waals surface area contributed by atoms with E-state index in [0.29, 0.717) is 11.1 Å². The van der Waals surface area contributed by atoms with E-state index in [1.54, 1.807) is 18.4 Å². The number of anilines is 2. The molecule has 1 aromatic carbocycles. The molecule has 7 heteroatoms. The highest BCUT2D eigenvalue weighted by molar-refractivity contribution is 7.16. The summed E-state index contributed by atoms with van der Waals surface area (Å²) >= 11 is 7.98. The molecule has 4 rings (SSSR count). The Labute approximate surface area is 169 Å². The van der Waals surface area contributed by atoms with Crippen LogP contribution in [0.1, 0.15) is 16.9 Å². The Morgan fingerprint density at radius 2 is 2.19 bits per heavy atom. The largest absolute Gasteiger partial charge is 0.385 e. The van der Waals surface area contributed by atoms with E-state index in [1.807, 2.05) is 18.2 Å². The molecule has 1 atom stereocenters. The fourth-order valence-corrected chi connectivity index (χ4v) is 4.81. The van der Waals surface area contributed by atoms with E-state index in [1.165, 1.54) is 10.4 Å². The Balaban J connectivity index is 1.72. The third-order valence-corrected chi connectivity index (χ3v) is 6.46. The number of nitrogens with zero attached hydrogens (tertiary/aromatic N) is 3. The molecule has 0 aliphatic carbocycles. The van der Waals surface area contributed by atoms with Gasteiger partial charge in [-0.3, -0.25) is 4.90 Å². The molecule has 2 aliphatic rings. The number of piperazine rings is 1. The lowest BCUT2D eigenvalue weighted by molar-refractivity contribution is 0.100. The lowest BCUT2D eigenvalue weighted by atomic mass is 10.1. The predicted octanol–water partition coefficient (Wildman–Crippen LogP) is 4.50. The zero-order chi connectivity index (χ0) is 19.0. The minimum Gasteiger partial charge on any atom is -0.385 e. The highest BCUT2D eigenvalue weighted by Crippen LogP contribution is 2.40. The molecule has 0 unspecified atom stereocenters. The Kier molecular flexibility index (Phi) is 5.41. The van der Waals surface area contributed by atoms with Crippen molar-refractivity contribution in [3.63, 3.8) is 0 Å². The number of thiophene rings is 1. The normalized spacial score (nSPS) is 19.8. The third-order valence-electron chi connectivity index (χ3n) is 5.26. The van der Waals surface area contributed by atoms with E-state index in [9.17, 15) is 0 Å². The SMILES string of the molecule is COCC[C@H]1CN(C2=Nc3ccc(Cl)cc3Nc3sc(C)cc32)CCN1C. The monoisotopic (exact) mass is 404 g/mol. The quantitative estimate of drug-likeness (QED) is 0.817. The number of likely N-dealkylation sites (N-methyl/N-ethyl adjacent to an activating group) is 1. The van der Waals surface area contributed by atoms with E-state index in [2.05, 4.69) is 35.2 Å². The first kappa shape index (κ1) is 18.7. The molecule has 0 bridgehead atoms. The van der Waals surface area contributed by atoms with Crippen LogP contribution in [0.4, 0.5) is 16.4 Å². The molecule has 1 aromatic heterocycles. The average molecular weight is 405 g/mol. The molecular formula is C20H25ClN4OS. The van der Waals surface area contributed by atoms with Crippen molar-refractivity contribution in [2.75, 3.05) is 45.7 Å². The second kappa shape index (κ2) is 7.80. The molecule has 1 fully saturated rings. The maximum atomic E-state index is 6.22. The fourth-order valence-electron chi connectivity index (χ4n) is 3.72. The number of hydrogen-bond acceptors (Lipinski definition) is 6. The van der Waals surface area contributed by atoms with Gasteiger partial charge < -0.3 is 15.0 Å². The van der Waals surface area contributed by atoms with Crippen LogP contribution in [0.15, 0.2) is 29.3 Å². The molecule has 144 valence electrons. The molecule has 0 saturated carbocycles. The number of hydrogen-bond donors (Lipinski definition) is 1. The zero-order valence-corrected chi connectivity index (χ0v) is 17.5. The van der Waals surface area contributed by atoms with Crippen LogP contribution in [-0.2, 0) is 4.74 Å². The molecule has 0 amide bonds. The third kappa shape index (κ3) is 3.85. The van der Waals surface area contributed by atoms with Gasteiger partial charge in [-0.1, -0.05) is 11.6 Å². The number of fused-ring (bicyclic) bond motifs is 2. The summed E-state index contributed by atoms with van der Waals surface area (Å²) in [5, 5.41) is 5.41. The fraction of sp³-hybridized carbons (Fsp3) is 0.450. The number of methoxy groups -OCH3 is 1. The Morgan fingerprint density at radius 3 is 3.00 bits per heavy atom. The molecule has 2 aromatic rings. The molecule has 1 saturated heterocycles. The molecule has 1 N–H and O–H groups in total. The summed E-state index contributed by atoms with van der Waals surface area (Å²) in [7, 11) is 3.97. The van der Waals surface area contributed by atoms with Crippen LogP contribution in [0.2, 0.25) is 5.02 Å². The number of aliphatic imine (C=N–C) groups is 1. The van der Waals surface area contributed by atoms with Crippen molar-refractivity contribution >= 4 is 45.1 Å². The van der Waals surface area contributed by atoms with Gasteiger partial charge in [0.25, 0.3) is 0 Å². The van der Waals surface area contributed by atoms with Gasteiger partial charge in [-0.05, 0) is 44.7 Å². The summed E-state index contributed by atoms with van der Waals surface area (Å²) < 4.78 is 5.31. The topological polar surface area (TPSA) is 40.1 Å². The van der Waals surface area contributed by atoms with Crippen LogP contribution in [0.3, 0.4) is 0 Å². The number of benzene rings is 1. The summed E-state index contributed by atoms with van der Waals surface area (Å²) in [5.41, 5.74) is 3.08. The number of ether oxygens (including phenoxy) is 1. The first-order valence-corrected chi connectivity index (χ1v) is 10.4. The minimum atomic E-state index is 0.463. The first-order chi connectivity index (χ1) is 13.0. The molecule has 0 spiro atoms. The van der Waals surface area contributed by atoms with Gasteiger partial charge in [0.15, 0.2) is 0 Å². The molecule has 0 radical (unpaired) electrons. The average Bonchev–Trinajstić information content (AvgIpc) is 2.93. The highest BCUT2D eigenvalue weighted by Gasteiger charge is 2.29. The standard InChI is InChI=1S/C20H25ClN4OS/c1-13-10-16-19(25-8-7-24(2)15(12-25)6-9-26-3)22-17-5-4-14(21)11-18(17)23-20(16)27-13/h4-5,10-11,15,23H,6-9,12H2,1-3H3/t15-/m0/s1. The van der Waals surface area contributed by atoms with Crippen molar-refractivity contribution in [2.45, 2.75) is 19.4 Å². The van der Waals surface area contributed by atoms with Gasteiger partial charge in [0, 0.05) is 49.3 Å². The van der Waals surface area contributed by atoms with Crippen LogP contribution in [0, 0.1) is 6.92 Å². The second-order valence-electron chi connectivity index (χ2n) is 7.18. The van der Waals surface area contributed by atoms with Gasteiger partial charge in [0.05, 0.1) is 16.9 Å². The molecule has 3 heterocycles. The van der Waals surface area contributed by atoms with Crippen LogP contribution in [-0.4, -0.2) is 62.1 Å². The smallest absolute Gasteiger partial charge is 0.139 e. The van der Waals surface area contributed by atoms with Gasteiger partial charge >= 0.3 is 0 Å².